The van der Waals surface area contributed by atoms with Crippen LogP contribution in [0.3, 0.4) is 0 Å². The number of aryl methyl sites for hydroxylation is 2. The minimum atomic E-state index is 0.0454. The molecule has 2 aliphatic heterocycles. The van der Waals surface area contributed by atoms with Gasteiger partial charge in [0.15, 0.2) is 0 Å². The largest absolute Gasteiger partial charge is 0.381 e. The second-order valence-electron chi connectivity index (χ2n) is 6.38. The third-order valence-corrected chi connectivity index (χ3v) is 5.75. The number of hydrogen-bond donors (Lipinski definition) is 1. The van der Waals surface area contributed by atoms with Gasteiger partial charge in [-0.2, -0.15) is 0 Å². The number of nitrogens with one attached hydrogen (secondary N) is 1. The maximum Gasteiger partial charge on any atom is 0.252 e. The van der Waals surface area contributed by atoms with Crippen molar-refractivity contribution in [2.45, 2.75) is 26.3 Å². The van der Waals surface area contributed by atoms with Crippen molar-refractivity contribution in [2.75, 3.05) is 46.1 Å². The number of thiophene rings is 1. The lowest BCUT2D eigenvalue weighted by Crippen LogP contribution is -2.52. The van der Waals surface area contributed by atoms with Gasteiger partial charge in [-0.05, 0) is 26.3 Å². The zero-order valence-corrected chi connectivity index (χ0v) is 14.8. The molecule has 0 unspecified atom stereocenters. The molecule has 6 heteroatoms. The van der Waals surface area contributed by atoms with Gasteiger partial charge in [0.05, 0.1) is 25.4 Å². The zero-order chi connectivity index (χ0) is 16.2. The van der Waals surface area contributed by atoms with Crippen LogP contribution in [0.25, 0.3) is 0 Å². The molecule has 2 fully saturated rings. The molecule has 5 nitrogen and oxygen atoms in total. The quantitative estimate of drug-likeness (QED) is 0.890. The van der Waals surface area contributed by atoms with Gasteiger partial charge < -0.3 is 14.8 Å². The predicted molar refractivity (Wildman–Crippen MR) is 91.2 cm³/mol. The topological polar surface area (TPSA) is 50.8 Å². The summed E-state index contributed by atoms with van der Waals surface area (Å²) in [6.45, 7) is 9.80. The average molecular weight is 338 g/mol. The Balaban J connectivity index is 1.63. The van der Waals surface area contributed by atoms with Gasteiger partial charge in [0.2, 0.25) is 0 Å². The van der Waals surface area contributed by atoms with E-state index in [1.165, 1.54) is 4.88 Å². The third kappa shape index (κ3) is 4.12. The zero-order valence-electron chi connectivity index (χ0n) is 14.0. The summed E-state index contributed by atoms with van der Waals surface area (Å²) in [7, 11) is 0. The lowest BCUT2D eigenvalue weighted by molar-refractivity contribution is 0.00166. The molecule has 2 saturated heterocycles. The van der Waals surface area contributed by atoms with Crippen molar-refractivity contribution in [3.05, 3.63) is 21.4 Å². The molecule has 3 rings (SSSR count). The van der Waals surface area contributed by atoms with Crippen LogP contribution in [0.5, 0.6) is 0 Å². The van der Waals surface area contributed by atoms with Crippen molar-refractivity contribution in [2.24, 2.45) is 5.92 Å². The molecule has 1 amide bonds. The highest BCUT2D eigenvalue weighted by atomic mass is 32.1. The van der Waals surface area contributed by atoms with Crippen molar-refractivity contribution in [3.8, 4) is 0 Å². The van der Waals surface area contributed by atoms with Crippen LogP contribution in [0.15, 0.2) is 6.07 Å². The van der Waals surface area contributed by atoms with E-state index in [9.17, 15) is 4.79 Å². The number of carbonyl (C=O) groups is 1. The van der Waals surface area contributed by atoms with Crippen molar-refractivity contribution in [1.82, 2.24) is 10.2 Å². The highest BCUT2D eigenvalue weighted by Crippen LogP contribution is 2.23. The van der Waals surface area contributed by atoms with Crippen LogP contribution in [0.2, 0.25) is 0 Å². The van der Waals surface area contributed by atoms with E-state index in [1.54, 1.807) is 11.3 Å². The molecule has 3 heterocycles. The van der Waals surface area contributed by atoms with Crippen molar-refractivity contribution in [1.29, 1.82) is 0 Å². The Labute approximate surface area is 142 Å². The Hall–Kier alpha value is -0.950. The van der Waals surface area contributed by atoms with E-state index in [0.29, 0.717) is 18.5 Å². The van der Waals surface area contributed by atoms with Gasteiger partial charge in [-0.3, -0.25) is 9.69 Å². The van der Waals surface area contributed by atoms with Gasteiger partial charge >= 0.3 is 0 Å². The highest BCUT2D eigenvalue weighted by molar-refractivity contribution is 7.12. The van der Waals surface area contributed by atoms with Gasteiger partial charge in [0, 0.05) is 48.0 Å². The fraction of sp³-hybridized carbons (Fsp3) is 0.706. The second kappa shape index (κ2) is 7.75. The number of rotatable bonds is 5. The Morgan fingerprint density at radius 3 is 2.74 bits per heavy atom. The molecule has 0 radical (unpaired) electrons. The van der Waals surface area contributed by atoms with Crippen molar-refractivity contribution >= 4 is 17.2 Å². The Bertz CT molecular complexity index is 534. The molecule has 128 valence electrons. The maximum absolute atomic E-state index is 12.5. The fourth-order valence-electron chi connectivity index (χ4n) is 3.51. The van der Waals surface area contributed by atoms with E-state index in [1.807, 2.05) is 19.9 Å². The summed E-state index contributed by atoms with van der Waals surface area (Å²) >= 11 is 1.68. The number of carbonyl (C=O) groups excluding carboxylic acids is 1. The molecule has 1 N–H and O–H groups in total. The highest BCUT2D eigenvalue weighted by Gasteiger charge is 2.31. The van der Waals surface area contributed by atoms with Crippen molar-refractivity contribution in [3.63, 3.8) is 0 Å². The monoisotopic (exact) mass is 338 g/mol. The molecular formula is C17H26N2O3S. The molecule has 0 aliphatic carbocycles. The van der Waals surface area contributed by atoms with Crippen LogP contribution in [0.1, 0.15) is 26.5 Å². The molecule has 0 spiro atoms. The van der Waals surface area contributed by atoms with Gasteiger partial charge in [-0.1, -0.05) is 0 Å². The predicted octanol–water partition coefficient (Wildman–Crippen LogP) is 1.83. The lowest BCUT2D eigenvalue weighted by Gasteiger charge is -2.37. The SMILES string of the molecule is Cc1cc(C(=O)NC[C@H]([C@H]2CCOC2)N2CCOCC2)c(C)s1. The van der Waals surface area contributed by atoms with Crippen LogP contribution in [0, 0.1) is 19.8 Å². The average Bonchev–Trinajstić information content (AvgIpc) is 3.18. The molecule has 1 aromatic rings. The van der Waals surface area contributed by atoms with E-state index in [2.05, 4.69) is 10.2 Å². The van der Waals surface area contributed by atoms with E-state index in [4.69, 9.17) is 9.47 Å². The van der Waals surface area contributed by atoms with E-state index in [-0.39, 0.29) is 5.91 Å². The third-order valence-electron chi connectivity index (χ3n) is 4.78. The summed E-state index contributed by atoms with van der Waals surface area (Å²) in [4.78, 5) is 17.2. The molecule has 23 heavy (non-hydrogen) atoms. The summed E-state index contributed by atoms with van der Waals surface area (Å²) in [5.41, 5.74) is 0.816. The van der Waals surface area contributed by atoms with E-state index < -0.39 is 0 Å². The van der Waals surface area contributed by atoms with E-state index in [0.717, 1.165) is 56.4 Å². The molecule has 2 aliphatic rings. The Morgan fingerprint density at radius 2 is 2.13 bits per heavy atom. The smallest absolute Gasteiger partial charge is 0.252 e. The number of nitrogens with zero attached hydrogens (tertiary/aromatic N) is 1. The van der Waals surface area contributed by atoms with Gasteiger partial charge in [0.25, 0.3) is 5.91 Å². The molecule has 1 aromatic heterocycles. The normalized spacial score (nSPS) is 23.8. The summed E-state index contributed by atoms with van der Waals surface area (Å²) in [6, 6.07) is 2.32. The molecule has 0 saturated carbocycles. The Morgan fingerprint density at radius 1 is 1.35 bits per heavy atom. The first kappa shape index (κ1) is 16.9. The Kier molecular flexibility index (Phi) is 5.69. The maximum atomic E-state index is 12.5. The summed E-state index contributed by atoms with van der Waals surface area (Å²) < 4.78 is 11.0. The van der Waals surface area contributed by atoms with Crippen LogP contribution >= 0.6 is 11.3 Å². The number of ether oxygens (including phenoxy) is 2. The summed E-state index contributed by atoms with van der Waals surface area (Å²) in [5.74, 6) is 0.544. The van der Waals surface area contributed by atoms with Crippen LogP contribution < -0.4 is 5.32 Å². The van der Waals surface area contributed by atoms with Gasteiger partial charge in [-0.15, -0.1) is 11.3 Å². The molecule has 0 bridgehead atoms. The number of morpholine rings is 1. The molecular weight excluding hydrogens is 312 g/mol. The van der Waals surface area contributed by atoms with Gasteiger partial charge in [-0.25, -0.2) is 0 Å². The molecule has 2 atom stereocenters. The molecule has 0 aromatic carbocycles. The van der Waals surface area contributed by atoms with Crippen LogP contribution in [-0.2, 0) is 9.47 Å². The fourth-order valence-corrected chi connectivity index (χ4v) is 4.43. The minimum absolute atomic E-state index is 0.0454. The minimum Gasteiger partial charge on any atom is -0.381 e. The first-order valence-electron chi connectivity index (χ1n) is 8.40. The number of amides is 1. The number of hydrogen-bond acceptors (Lipinski definition) is 5. The van der Waals surface area contributed by atoms with Crippen LogP contribution in [-0.4, -0.2) is 62.9 Å². The van der Waals surface area contributed by atoms with E-state index >= 15 is 0 Å². The van der Waals surface area contributed by atoms with Crippen LogP contribution in [0.4, 0.5) is 0 Å². The summed E-state index contributed by atoms with van der Waals surface area (Å²) in [6.07, 6.45) is 1.08. The first-order valence-corrected chi connectivity index (χ1v) is 9.21. The first-order chi connectivity index (χ1) is 11.1. The van der Waals surface area contributed by atoms with Crippen molar-refractivity contribution < 1.29 is 14.3 Å². The van der Waals surface area contributed by atoms with Gasteiger partial charge in [0.1, 0.15) is 0 Å². The summed E-state index contributed by atoms with van der Waals surface area (Å²) in [5, 5.41) is 3.16. The lowest BCUT2D eigenvalue weighted by atomic mass is 9.96. The second-order valence-corrected chi connectivity index (χ2v) is 7.84. The standard InChI is InChI=1S/C17H26N2O3S/c1-12-9-15(13(2)23-12)17(20)18-10-16(14-3-6-22-11-14)19-4-7-21-8-5-19/h9,14,16H,3-8,10-11H2,1-2H3,(H,18,20)/t14-,16+/m0/s1.